The van der Waals surface area contributed by atoms with Crippen LogP contribution in [0.3, 0.4) is 0 Å². The Morgan fingerprint density at radius 1 is 1.35 bits per heavy atom. The maximum absolute atomic E-state index is 4.63. The SMILES string of the molecule is CN1CCN=C1c1ccccc1C1CCCN1. The molecule has 2 heterocycles. The normalized spacial score (nSPS) is 24.2. The molecule has 1 N–H and O–H groups in total. The van der Waals surface area contributed by atoms with Crippen LogP contribution >= 0.6 is 0 Å². The summed E-state index contributed by atoms with van der Waals surface area (Å²) in [7, 11) is 2.13. The Morgan fingerprint density at radius 3 is 2.94 bits per heavy atom. The molecule has 0 amide bonds. The van der Waals surface area contributed by atoms with E-state index in [0.29, 0.717) is 6.04 Å². The zero-order valence-electron chi connectivity index (χ0n) is 10.3. The van der Waals surface area contributed by atoms with Crippen molar-refractivity contribution in [2.75, 3.05) is 26.7 Å². The summed E-state index contributed by atoms with van der Waals surface area (Å²) >= 11 is 0. The highest BCUT2D eigenvalue weighted by Crippen LogP contribution is 2.27. The molecule has 3 heteroatoms. The molecule has 2 aliphatic rings. The van der Waals surface area contributed by atoms with Crippen molar-refractivity contribution < 1.29 is 0 Å². The largest absolute Gasteiger partial charge is 0.358 e. The molecular weight excluding hydrogens is 210 g/mol. The van der Waals surface area contributed by atoms with E-state index in [1.165, 1.54) is 24.0 Å². The fourth-order valence-corrected chi connectivity index (χ4v) is 2.78. The Morgan fingerprint density at radius 2 is 2.24 bits per heavy atom. The molecule has 0 spiro atoms. The van der Waals surface area contributed by atoms with Crippen LogP contribution in [0, 0.1) is 0 Å². The average molecular weight is 229 g/mol. The van der Waals surface area contributed by atoms with Crippen molar-refractivity contribution in [2.24, 2.45) is 4.99 Å². The van der Waals surface area contributed by atoms with E-state index in [-0.39, 0.29) is 0 Å². The van der Waals surface area contributed by atoms with Crippen LogP contribution in [0.25, 0.3) is 0 Å². The summed E-state index contributed by atoms with van der Waals surface area (Å²) in [6.07, 6.45) is 2.52. The van der Waals surface area contributed by atoms with Crippen LogP contribution in [-0.4, -0.2) is 37.4 Å². The summed E-state index contributed by atoms with van der Waals surface area (Å²) in [5.74, 6) is 1.16. The summed E-state index contributed by atoms with van der Waals surface area (Å²) in [5.41, 5.74) is 2.73. The Hall–Kier alpha value is -1.35. The zero-order chi connectivity index (χ0) is 11.7. The lowest BCUT2D eigenvalue weighted by molar-refractivity contribution is 0.554. The molecule has 1 aromatic rings. The first kappa shape index (κ1) is 10.8. The second kappa shape index (κ2) is 4.49. The molecule has 1 aromatic carbocycles. The molecule has 1 atom stereocenters. The van der Waals surface area contributed by atoms with Crippen LogP contribution in [0.5, 0.6) is 0 Å². The first-order chi connectivity index (χ1) is 8.36. The monoisotopic (exact) mass is 229 g/mol. The van der Waals surface area contributed by atoms with Gasteiger partial charge in [-0.3, -0.25) is 4.99 Å². The molecule has 0 saturated carbocycles. The Balaban J connectivity index is 1.98. The van der Waals surface area contributed by atoms with Gasteiger partial charge in [0.1, 0.15) is 5.84 Å². The van der Waals surface area contributed by atoms with Crippen molar-refractivity contribution in [3.05, 3.63) is 35.4 Å². The minimum absolute atomic E-state index is 0.517. The lowest BCUT2D eigenvalue weighted by Crippen LogP contribution is -2.26. The van der Waals surface area contributed by atoms with Gasteiger partial charge in [0.15, 0.2) is 0 Å². The molecule has 17 heavy (non-hydrogen) atoms. The summed E-state index contributed by atoms with van der Waals surface area (Å²) in [4.78, 5) is 6.89. The maximum Gasteiger partial charge on any atom is 0.131 e. The van der Waals surface area contributed by atoms with Gasteiger partial charge in [0, 0.05) is 25.2 Å². The standard InChI is InChI=1S/C14H19N3/c1-17-10-9-16-14(17)12-6-3-2-5-11(12)13-7-4-8-15-13/h2-3,5-6,13,15H,4,7-10H2,1H3. The van der Waals surface area contributed by atoms with Gasteiger partial charge in [0.2, 0.25) is 0 Å². The summed E-state index contributed by atoms with van der Waals surface area (Å²) in [6.45, 7) is 3.11. The molecular formula is C14H19N3. The number of hydrogen-bond acceptors (Lipinski definition) is 3. The molecule has 0 radical (unpaired) electrons. The van der Waals surface area contributed by atoms with Gasteiger partial charge in [0.05, 0.1) is 6.54 Å². The molecule has 0 bridgehead atoms. The number of hydrogen-bond donors (Lipinski definition) is 1. The third-order valence-electron chi connectivity index (χ3n) is 3.70. The average Bonchev–Trinajstić information content (AvgIpc) is 3.00. The van der Waals surface area contributed by atoms with E-state index in [9.17, 15) is 0 Å². The molecule has 0 aromatic heterocycles. The third-order valence-corrected chi connectivity index (χ3v) is 3.70. The van der Waals surface area contributed by atoms with Crippen molar-refractivity contribution in [1.82, 2.24) is 10.2 Å². The van der Waals surface area contributed by atoms with Gasteiger partial charge in [0.25, 0.3) is 0 Å². The van der Waals surface area contributed by atoms with Crippen LogP contribution < -0.4 is 5.32 Å². The van der Waals surface area contributed by atoms with Crippen molar-refractivity contribution in [3.63, 3.8) is 0 Å². The van der Waals surface area contributed by atoms with E-state index in [1.807, 2.05) is 0 Å². The summed E-state index contributed by atoms with van der Waals surface area (Å²) in [6, 6.07) is 9.21. The summed E-state index contributed by atoms with van der Waals surface area (Å²) in [5, 5.41) is 3.58. The summed E-state index contributed by atoms with van der Waals surface area (Å²) < 4.78 is 0. The molecule has 90 valence electrons. The molecule has 3 nitrogen and oxygen atoms in total. The lowest BCUT2D eigenvalue weighted by Gasteiger charge is -2.20. The van der Waals surface area contributed by atoms with E-state index < -0.39 is 0 Å². The third kappa shape index (κ3) is 1.95. The van der Waals surface area contributed by atoms with E-state index >= 15 is 0 Å². The molecule has 3 rings (SSSR count). The number of rotatable bonds is 2. The second-order valence-corrected chi connectivity index (χ2v) is 4.86. The molecule has 0 aliphatic carbocycles. The van der Waals surface area contributed by atoms with Crippen molar-refractivity contribution in [1.29, 1.82) is 0 Å². The number of benzene rings is 1. The van der Waals surface area contributed by atoms with E-state index in [1.54, 1.807) is 0 Å². The highest BCUT2D eigenvalue weighted by Gasteiger charge is 2.23. The molecule has 2 aliphatic heterocycles. The Kier molecular flexibility index (Phi) is 2.85. The van der Waals surface area contributed by atoms with E-state index in [0.717, 1.165) is 25.5 Å². The van der Waals surface area contributed by atoms with Gasteiger partial charge in [-0.1, -0.05) is 24.3 Å². The number of nitrogens with zero attached hydrogens (tertiary/aromatic N) is 2. The van der Waals surface area contributed by atoms with Gasteiger partial charge < -0.3 is 10.2 Å². The van der Waals surface area contributed by atoms with Crippen LogP contribution in [0.15, 0.2) is 29.3 Å². The van der Waals surface area contributed by atoms with Crippen molar-refractivity contribution in [3.8, 4) is 0 Å². The minimum atomic E-state index is 0.517. The Labute approximate surface area is 103 Å². The number of nitrogens with one attached hydrogen (secondary N) is 1. The first-order valence-corrected chi connectivity index (χ1v) is 6.44. The first-order valence-electron chi connectivity index (χ1n) is 6.44. The van der Waals surface area contributed by atoms with Crippen molar-refractivity contribution in [2.45, 2.75) is 18.9 Å². The van der Waals surface area contributed by atoms with Crippen LogP contribution in [0.1, 0.15) is 30.0 Å². The Bertz CT molecular complexity index is 433. The maximum atomic E-state index is 4.63. The van der Waals surface area contributed by atoms with Crippen LogP contribution in [-0.2, 0) is 0 Å². The van der Waals surface area contributed by atoms with Gasteiger partial charge in [-0.25, -0.2) is 0 Å². The number of likely N-dealkylation sites (N-methyl/N-ethyl adjacent to an activating group) is 1. The van der Waals surface area contributed by atoms with E-state index in [2.05, 4.69) is 46.5 Å². The van der Waals surface area contributed by atoms with Gasteiger partial charge in [-0.05, 0) is 24.9 Å². The fraction of sp³-hybridized carbons (Fsp3) is 0.500. The van der Waals surface area contributed by atoms with Gasteiger partial charge >= 0.3 is 0 Å². The van der Waals surface area contributed by atoms with Crippen molar-refractivity contribution >= 4 is 5.84 Å². The number of amidine groups is 1. The quantitative estimate of drug-likeness (QED) is 0.837. The van der Waals surface area contributed by atoms with Gasteiger partial charge in [-0.15, -0.1) is 0 Å². The highest BCUT2D eigenvalue weighted by molar-refractivity contribution is 6.01. The zero-order valence-corrected chi connectivity index (χ0v) is 10.3. The predicted octanol–water partition coefficient (Wildman–Crippen LogP) is 1.80. The topological polar surface area (TPSA) is 27.6 Å². The number of aliphatic imine (C=N–C) groups is 1. The lowest BCUT2D eigenvalue weighted by atomic mass is 9.98. The highest BCUT2D eigenvalue weighted by atomic mass is 15.2. The predicted molar refractivity (Wildman–Crippen MR) is 70.5 cm³/mol. The molecule has 1 unspecified atom stereocenters. The van der Waals surface area contributed by atoms with Crippen LogP contribution in [0.4, 0.5) is 0 Å². The minimum Gasteiger partial charge on any atom is -0.358 e. The molecule has 1 saturated heterocycles. The second-order valence-electron chi connectivity index (χ2n) is 4.86. The molecule has 1 fully saturated rings. The van der Waals surface area contributed by atoms with Gasteiger partial charge in [-0.2, -0.15) is 0 Å². The van der Waals surface area contributed by atoms with Crippen LogP contribution in [0.2, 0.25) is 0 Å². The fourth-order valence-electron chi connectivity index (χ4n) is 2.78. The van der Waals surface area contributed by atoms with E-state index in [4.69, 9.17) is 0 Å². The smallest absolute Gasteiger partial charge is 0.131 e.